The molecule has 8 heteroatoms. The van der Waals surface area contributed by atoms with Crippen LogP contribution in [-0.2, 0) is 4.79 Å². The zero-order valence-electron chi connectivity index (χ0n) is 12.2. The first-order valence-electron chi connectivity index (χ1n) is 6.82. The molecular weight excluding hydrogens is 318 g/mol. The predicted molar refractivity (Wildman–Crippen MR) is 89.4 cm³/mol. The highest BCUT2D eigenvalue weighted by atomic mass is 32.2. The number of imidazole rings is 1. The molecule has 0 aliphatic carbocycles. The lowest BCUT2D eigenvalue weighted by Crippen LogP contribution is -2.13. The van der Waals surface area contributed by atoms with E-state index < -0.39 is 0 Å². The maximum atomic E-state index is 11.9. The molecule has 1 amide bonds. The number of para-hydroxylation sites is 2. The number of amides is 1. The summed E-state index contributed by atoms with van der Waals surface area (Å²) in [5, 5.41) is 13.0. The summed E-state index contributed by atoms with van der Waals surface area (Å²) in [5.41, 5.74) is 1.87. The van der Waals surface area contributed by atoms with Gasteiger partial charge in [0.15, 0.2) is 5.16 Å². The zero-order valence-corrected chi connectivity index (χ0v) is 13.8. The summed E-state index contributed by atoms with van der Waals surface area (Å²) in [6.45, 7) is 4.09. The minimum Gasteiger partial charge on any atom is -0.333 e. The molecule has 0 bridgehead atoms. The van der Waals surface area contributed by atoms with Crippen LogP contribution in [0.1, 0.15) is 24.8 Å². The van der Waals surface area contributed by atoms with Crippen LogP contribution in [0.2, 0.25) is 0 Å². The largest absolute Gasteiger partial charge is 0.333 e. The molecule has 0 aliphatic heterocycles. The summed E-state index contributed by atoms with van der Waals surface area (Å²) in [6.07, 6.45) is 0. The fourth-order valence-electron chi connectivity index (χ4n) is 1.81. The van der Waals surface area contributed by atoms with E-state index in [1.54, 1.807) is 0 Å². The molecule has 0 unspecified atom stereocenters. The first-order valence-corrected chi connectivity index (χ1v) is 8.63. The Morgan fingerprint density at radius 3 is 2.91 bits per heavy atom. The van der Waals surface area contributed by atoms with Gasteiger partial charge in [-0.05, 0) is 12.1 Å². The Balaban J connectivity index is 1.57. The van der Waals surface area contributed by atoms with Gasteiger partial charge in [-0.2, -0.15) is 0 Å². The van der Waals surface area contributed by atoms with Gasteiger partial charge in [0.25, 0.3) is 0 Å². The van der Waals surface area contributed by atoms with E-state index in [-0.39, 0.29) is 11.7 Å². The molecule has 0 saturated heterocycles. The highest BCUT2D eigenvalue weighted by molar-refractivity contribution is 7.99. The van der Waals surface area contributed by atoms with E-state index in [2.05, 4.69) is 25.5 Å². The molecule has 22 heavy (non-hydrogen) atoms. The van der Waals surface area contributed by atoms with Crippen LogP contribution < -0.4 is 5.32 Å². The smallest absolute Gasteiger partial charge is 0.236 e. The number of thioether (sulfide) groups is 1. The van der Waals surface area contributed by atoms with Crippen molar-refractivity contribution in [3.8, 4) is 0 Å². The van der Waals surface area contributed by atoms with Gasteiger partial charge in [-0.1, -0.05) is 49.1 Å². The number of hydrogen-bond donors (Lipinski definition) is 2. The van der Waals surface area contributed by atoms with E-state index in [1.807, 2.05) is 38.1 Å². The summed E-state index contributed by atoms with van der Waals surface area (Å²) < 4.78 is 0. The van der Waals surface area contributed by atoms with Gasteiger partial charge in [0.1, 0.15) is 5.01 Å². The van der Waals surface area contributed by atoms with Gasteiger partial charge in [0.05, 0.1) is 16.8 Å². The molecule has 3 aromatic rings. The molecule has 6 nitrogen and oxygen atoms in total. The van der Waals surface area contributed by atoms with E-state index >= 15 is 0 Å². The maximum absolute atomic E-state index is 11.9. The van der Waals surface area contributed by atoms with Crippen LogP contribution in [0.4, 0.5) is 5.13 Å². The average Bonchev–Trinajstić information content (AvgIpc) is 3.11. The van der Waals surface area contributed by atoms with Crippen molar-refractivity contribution in [2.45, 2.75) is 24.9 Å². The number of H-pyrrole nitrogens is 1. The van der Waals surface area contributed by atoms with Gasteiger partial charge in [-0.25, -0.2) is 4.98 Å². The molecule has 0 spiro atoms. The second-order valence-electron chi connectivity index (χ2n) is 5.00. The topological polar surface area (TPSA) is 83.6 Å². The molecule has 0 radical (unpaired) electrons. The van der Waals surface area contributed by atoms with Crippen molar-refractivity contribution in [1.82, 2.24) is 20.2 Å². The van der Waals surface area contributed by atoms with Crippen molar-refractivity contribution in [1.29, 1.82) is 0 Å². The molecule has 0 saturated carbocycles. The zero-order chi connectivity index (χ0) is 15.5. The lowest BCUT2D eigenvalue weighted by Gasteiger charge is -1.99. The Bertz CT molecular complexity index is 762. The Morgan fingerprint density at radius 2 is 2.18 bits per heavy atom. The van der Waals surface area contributed by atoms with Crippen molar-refractivity contribution < 1.29 is 4.79 Å². The van der Waals surface area contributed by atoms with E-state index in [1.165, 1.54) is 23.1 Å². The number of rotatable bonds is 5. The third-order valence-electron chi connectivity index (χ3n) is 2.89. The lowest BCUT2D eigenvalue weighted by atomic mass is 10.2. The number of nitrogens with zero attached hydrogens (tertiary/aromatic N) is 3. The maximum Gasteiger partial charge on any atom is 0.236 e. The first-order chi connectivity index (χ1) is 10.6. The van der Waals surface area contributed by atoms with Gasteiger partial charge >= 0.3 is 0 Å². The van der Waals surface area contributed by atoms with Crippen LogP contribution in [0.15, 0.2) is 29.4 Å². The molecule has 2 heterocycles. The van der Waals surface area contributed by atoms with Gasteiger partial charge < -0.3 is 4.98 Å². The Labute approximate surface area is 135 Å². The Morgan fingerprint density at radius 1 is 1.36 bits per heavy atom. The van der Waals surface area contributed by atoms with Gasteiger partial charge in [-0.15, -0.1) is 10.2 Å². The third kappa shape index (κ3) is 3.45. The summed E-state index contributed by atoms with van der Waals surface area (Å²) in [4.78, 5) is 19.5. The number of nitrogens with one attached hydrogen (secondary N) is 2. The van der Waals surface area contributed by atoms with Crippen LogP contribution in [0.3, 0.4) is 0 Å². The van der Waals surface area contributed by atoms with E-state index in [4.69, 9.17) is 0 Å². The van der Waals surface area contributed by atoms with Crippen LogP contribution in [0, 0.1) is 0 Å². The molecule has 0 aliphatic rings. The number of fused-ring (bicyclic) bond motifs is 1. The minimum atomic E-state index is -0.114. The molecule has 2 N–H and O–H groups in total. The first kappa shape index (κ1) is 15.0. The van der Waals surface area contributed by atoms with Gasteiger partial charge in [0, 0.05) is 5.92 Å². The number of carbonyl (C=O) groups excluding carboxylic acids is 1. The molecule has 2 aromatic heterocycles. The van der Waals surface area contributed by atoms with Gasteiger partial charge in [0.2, 0.25) is 11.0 Å². The second-order valence-corrected chi connectivity index (χ2v) is 6.97. The molecule has 3 rings (SSSR count). The highest BCUT2D eigenvalue weighted by Crippen LogP contribution is 2.23. The number of anilines is 1. The van der Waals surface area contributed by atoms with E-state index in [0.717, 1.165) is 21.2 Å². The fraction of sp³-hybridized carbons (Fsp3) is 0.286. The van der Waals surface area contributed by atoms with Crippen LogP contribution in [0.25, 0.3) is 11.0 Å². The van der Waals surface area contributed by atoms with Crippen molar-refractivity contribution in [3.63, 3.8) is 0 Å². The molecule has 0 fully saturated rings. The second kappa shape index (κ2) is 6.45. The Kier molecular flexibility index (Phi) is 4.39. The van der Waals surface area contributed by atoms with E-state index in [0.29, 0.717) is 11.0 Å². The van der Waals surface area contributed by atoms with Crippen LogP contribution in [-0.4, -0.2) is 31.8 Å². The number of hydrogen-bond acceptors (Lipinski definition) is 6. The third-order valence-corrected chi connectivity index (χ3v) is 4.90. The van der Waals surface area contributed by atoms with Gasteiger partial charge in [-0.3, -0.25) is 10.1 Å². The highest BCUT2D eigenvalue weighted by Gasteiger charge is 2.11. The summed E-state index contributed by atoms with van der Waals surface area (Å²) in [6, 6.07) is 7.78. The van der Waals surface area contributed by atoms with E-state index in [9.17, 15) is 4.79 Å². The molecule has 114 valence electrons. The van der Waals surface area contributed by atoms with Crippen molar-refractivity contribution in [3.05, 3.63) is 29.3 Å². The lowest BCUT2D eigenvalue weighted by molar-refractivity contribution is -0.113. The summed E-state index contributed by atoms with van der Waals surface area (Å²) in [7, 11) is 0. The summed E-state index contributed by atoms with van der Waals surface area (Å²) in [5.74, 6) is 0.473. The quantitative estimate of drug-likeness (QED) is 0.700. The molecule has 0 atom stereocenters. The number of carbonyl (C=O) groups is 1. The van der Waals surface area contributed by atoms with Crippen LogP contribution >= 0.6 is 23.1 Å². The van der Waals surface area contributed by atoms with Crippen LogP contribution in [0.5, 0.6) is 0 Å². The predicted octanol–water partition coefficient (Wildman–Crippen LogP) is 3.27. The normalized spacial score (nSPS) is 11.2. The van der Waals surface area contributed by atoms with Crippen molar-refractivity contribution in [2.75, 3.05) is 11.1 Å². The Hall–Kier alpha value is -1.93. The number of aromatic nitrogens is 4. The molecule has 1 aromatic carbocycles. The summed E-state index contributed by atoms with van der Waals surface area (Å²) >= 11 is 2.77. The number of aromatic amines is 1. The van der Waals surface area contributed by atoms with Crippen molar-refractivity contribution in [2.24, 2.45) is 0 Å². The monoisotopic (exact) mass is 333 g/mol. The number of benzene rings is 1. The minimum absolute atomic E-state index is 0.114. The standard InChI is InChI=1S/C14H15N5OS2/c1-8(2)12-18-19-14(22-12)17-11(20)7-21-13-15-9-5-3-4-6-10(9)16-13/h3-6,8H,7H2,1-2H3,(H,15,16)(H,17,19,20). The van der Waals surface area contributed by atoms with Crippen molar-refractivity contribution >= 4 is 45.2 Å². The SMILES string of the molecule is CC(C)c1nnc(NC(=O)CSc2nc3ccccc3[nH]2)s1. The molecular formula is C14H15N5OS2. The fourth-order valence-corrected chi connectivity index (χ4v) is 3.25. The average molecular weight is 333 g/mol.